The van der Waals surface area contributed by atoms with Gasteiger partial charge in [0.05, 0.1) is 17.6 Å². The van der Waals surface area contributed by atoms with Crippen molar-refractivity contribution in [1.82, 2.24) is 24.9 Å². The van der Waals surface area contributed by atoms with Crippen LogP contribution in [0.2, 0.25) is 0 Å². The van der Waals surface area contributed by atoms with Gasteiger partial charge in [0.25, 0.3) is 5.88 Å². The maximum atomic E-state index is 11.1. The summed E-state index contributed by atoms with van der Waals surface area (Å²) in [5, 5.41) is 12.3. The van der Waals surface area contributed by atoms with Crippen LogP contribution < -0.4 is 15.8 Å². The highest BCUT2D eigenvalue weighted by atomic mass is 16.5. The second kappa shape index (κ2) is 8.75. The number of fused-ring (bicyclic) bond motifs is 1. The number of H-pyrrole nitrogens is 1. The molecule has 5 N–H and O–H groups in total. The highest BCUT2D eigenvalue weighted by Gasteiger charge is 2.16. The lowest BCUT2D eigenvalue weighted by atomic mass is 10.0. The van der Waals surface area contributed by atoms with Gasteiger partial charge >= 0.3 is 5.97 Å². The monoisotopic (exact) mass is 467 g/mol. The molecule has 0 aliphatic carbocycles. The van der Waals surface area contributed by atoms with Crippen molar-refractivity contribution in [2.75, 3.05) is 11.1 Å². The Bertz CT molecular complexity index is 1520. The molecule has 3 aromatic heterocycles. The topological polar surface area (TPSA) is 152 Å². The fourth-order valence-corrected chi connectivity index (χ4v) is 3.68. The fourth-order valence-electron chi connectivity index (χ4n) is 3.68. The Balaban J connectivity index is 1.48. The Morgan fingerprint density at radius 2 is 1.77 bits per heavy atom. The van der Waals surface area contributed by atoms with Gasteiger partial charge in [0, 0.05) is 23.1 Å². The highest BCUT2D eigenvalue weighted by Crippen LogP contribution is 2.34. The maximum absolute atomic E-state index is 11.1. The first-order chi connectivity index (χ1) is 16.9. The van der Waals surface area contributed by atoms with Crippen LogP contribution in [-0.2, 0) is 0 Å². The summed E-state index contributed by atoms with van der Waals surface area (Å²) in [5.74, 6) is 0.289. The van der Waals surface area contributed by atoms with Crippen LogP contribution >= 0.6 is 0 Å². The SMILES string of the molecule is Cc1cc(-c2ccc(C(=O)O)cn2)cc(C)c1Oc1nc(Nc2ccc(N)cc2)nc2nc[nH]c12. The number of nitrogens with two attached hydrogens (primary N) is 1. The summed E-state index contributed by atoms with van der Waals surface area (Å²) in [5.41, 5.74) is 11.6. The smallest absolute Gasteiger partial charge is 0.337 e. The number of anilines is 3. The number of carboxylic acids is 1. The molecular weight excluding hydrogens is 446 g/mol. The minimum absolute atomic E-state index is 0.137. The third kappa shape index (κ3) is 4.44. The summed E-state index contributed by atoms with van der Waals surface area (Å²) in [7, 11) is 0. The molecule has 5 aromatic rings. The Morgan fingerprint density at radius 3 is 2.43 bits per heavy atom. The number of carboxylic acid groups (broad SMARTS) is 1. The van der Waals surface area contributed by atoms with E-state index in [2.05, 4.69) is 30.2 Å². The summed E-state index contributed by atoms with van der Waals surface area (Å²) in [6, 6.07) is 14.3. The lowest BCUT2D eigenvalue weighted by Crippen LogP contribution is -2.02. The number of nitrogens with zero attached hydrogens (tertiary/aromatic N) is 4. The molecule has 5 rings (SSSR count). The van der Waals surface area contributed by atoms with E-state index < -0.39 is 5.97 Å². The van der Waals surface area contributed by atoms with E-state index in [0.29, 0.717) is 40.1 Å². The second-order valence-corrected chi connectivity index (χ2v) is 7.98. The molecule has 0 saturated carbocycles. The highest BCUT2D eigenvalue weighted by molar-refractivity contribution is 5.87. The zero-order valence-electron chi connectivity index (χ0n) is 18.9. The molecule has 10 nitrogen and oxygen atoms in total. The summed E-state index contributed by atoms with van der Waals surface area (Å²) in [6.07, 6.45) is 2.88. The Labute approximate surface area is 199 Å². The molecule has 0 fully saturated rings. The molecule has 0 unspecified atom stereocenters. The molecule has 2 aromatic carbocycles. The third-order valence-corrected chi connectivity index (χ3v) is 5.38. The number of aromatic nitrogens is 5. The number of aryl methyl sites for hydroxylation is 2. The molecule has 174 valence electrons. The van der Waals surface area contributed by atoms with Gasteiger partial charge in [-0.3, -0.25) is 4.98 Å². The van der Waals surface area contributed by atoms with Crippen LogP contribution in [0.4, 0.5) is 17.3 Å². The third-order valence-electron chi connectivity index (χ3n) is 5.38. The number of carbonyl (C=O) groups is 1. The Morgan fingerprint density at radius 1 is 1.03 bits per heavy atom. The number of aromatic amines is 1. The number of benzene rings is 2. The van der Waals surface area contributed by atoms with Crippen LogP contribution in [0.1, 0.15) is 21.5 Å². The molecule has 0 radical (unpaired) electrons. The van der Waals surface area contributed by atoms with Gasteiger partial charge in [0.2, 0.25) is 5.95 Å². The first-order valence-corrected chi connectivity index (χ1v) is 10.7. The van der Waals surface area contributed by atoms with Gasteiger partial charge in [-0.15, -0.1) is 0 Å². The maximum Gasteiger partial charge on any atom is 0.337 e. The first-order valence-electron chi connectivity index (χ1n) is 10.7. The van der Waals surface area contributed by atoms with Crippen molar-refractivity contribution < 1.29 is 14.6 Å². The normalized spacial score (nSPS) is 10.9. The number of nitrogen functional groups attached to an aromatic ring is 1. The molecule has 0 spiro atoms. The molecule has 0 amide bonds. The van der Waals surface area contributed by atoms with E-state index in [1.54, 1.807) is 18.2 Å². The van der Waals surface area contributed by atoms with Crippen molar-refractivity contribution in [3.8, 4) is 22.9 Å². The molecular formula is C25H21N7O3. The lowest BCUT2D eigenvalue weighted by molar-refractivity contribution is 0.0696. The number of nitrogens with one attached hydrogen (secondary N) is 2. The Hall–Kier alpha value is -4.99. The molecule has 10 heteroatoms. The number of hydrogen-bond donors (Lipinski definition) is 4. The van der Waals surface area contributed by atoms with Gasteiger partial charge < -0.3 is 25.9 Å². The summed E-state index contributed by atoms with van der Waals surface area (Å²) in [6.45, 7) is 3.85. The predicted octanol–water partition coefficient (Wildman–Crippen LogP) is 4.85. The quantitative estimate of drug-likeness (QED) is 0.257. The molecule has 35 heavy (non-hydrogen) atoms. The second-order valence-electron chi connectivity index (χ2n) is 7.98. The molecule has 0 atom stereocenters. The summed E-state index contributed by atoms with van der Waals surface area (Å²) < 4.78 is 6.27. The van der Waals surface area contributed by atoms with E-state index in [0.717, 1.165) is 22.4 Å². The van der Waals surface area contributed by atoms with Crippen LogP contribution in [0, 0.1) is 13.8 Å². The number of ether oxygens (including phenoxy) is 1. The molecule has 0 aliphatic heterocycles. The molecule has 0 aliphatic rings. The zero-order valence-corrected chi connectivity index (χ0v) is 18.9. The number of imidazole rings is 1. The van der Waals surface area contributed by atoms with Crippen molar-refractivity contribution in [1.29, 1.82) is 0 Å². The summed E-state index contributed by atoms with van der Waals surface area (Å²) >= 11 is 0. The van der Waals surface area contributed by atoms with Crippen molar-refractivity contribution in [3.05, 3.63) is 77.7 Å². The van der Waals surface area contributed by atoms with Crippen molar-refractivity contribution in [2.24, 2.45) is 0 Å². The van der Waals surface area contributed by atoms with E-state index >= 15 is 0 Å². The summed E-state index contributed by atoms with van der Waals surface area (Å²) in [4.78, 5) is 31.7. The van der Waals surface area contributed by atoms with Crippen LogP contribution in [-0.4, -0.2) is 36.0 Å². The van der Waals surface area contributed by atoms with Gasteiger partial charge in [-0.05, 0) is 73.5 Å². The average Bonchev–Trinajstić information content (AvgIpc) is 3.31. The van der Waals surface area contributed by atoms with E-state index in [4.69, 9.17) is 15.6 Å². The molecule has 3 heterocycles. The number of rotatable bonds is 6. The number of pyridine rings is 1. The number of hydrogen-bond acceptors (Lipinski definition) is 8. The molecule has 0 bridgehead atoms. The van der Waals surface area contributed by atoms with Crippen LogP contribution in [0.5, 0.6) is 11.6 Å². The van der Waals surface area contributed by atoms with Gasteiger partial charge in [-0.25, -0.2) is 9.78 Å². The van der Waals surface area contributed by atoms with Crippen molar-refractivity contribution in [3.63, 3.8) is 0 Å². The van der Waals surface area contributed by atoms with E-state index in [1.807, 2.05) is 38.1 Å². The zero-order chi connectivity index (χ0) is 24.5. The predicted molar refractivity (Wildman–Crippen MR) is 132 cm³/mol. The van der Waals surface area contributed by atoms with Crippen LogP contribution in [0.3, 0.4) is 0 Å². The molecule has 0 saturated heterocycles. The van der Waals surface area contributed by atoms with Crippen LogP contribution in [0.15, 0.2) is 61.1 Å². The van der Waals surface area contributed by atoms with Crippen molar-refractivity contribution in [2.45, 2.75) is 13.8 Å². The van der Waals surface area contributed by atoms with Crippen LogP contribution in [0.25, 0.3) is 22.4 Å². The fraction of sp³-hybridized carbons (Fsp3) is 0.0800. The number of aromatic carboxylic acids is 1. The first kappa shape index (κ1) is 21.8. The average molecular weight is 467 g/mol. The standard InChI is InChI=1S/C25H21N7O3/c1-13-9-16(19-8-3-15(11-27-19)24(33)34)10-14(2)21(13)35-23-20-22(29-12-28-20)31-25(32-23)30-18-6-4-17(26)5-7-18/h3-12H,26H2,1-2H3,(H,33,34)(H2,28,29,30,31,32). The van der Waals surface area contributed by atoms with Gasteiger partial charge in [0.15, 0.2) is 5.65 Å². The van der Waals surface area contributed by atoms with E-state index in [-0.39, 0.29) is 5.56 Å². The van der Waals surface area contributed by atoms with Crippen molar-refractivity contribution >= 4 is 34.5 Å². The van der Waals surface area contributed by atoms with Gasteiger partial charge in [-0.1, -0.05) is 0 Å². The van der Waals surface area contributed by atoms with E-state index in [9.17, 15) is 4.79 Å². The van der Waals surface area contributed by atoms with Gasteiger partial charge in [0.1, 0.15) is 11.3 Å². The largest absolute Gasteiger partial charge is 0.478 e. The minimum atomic E-state index is -1.01. The van der Waals surface area contributed by atoms with E-state index in [1.165, 1.54) is 18.6 Å². The lowest BCUT2D eigenvalue weighted by Gasteiger charge is -2.14. The Kier molecular flexibility index (Phi) is 5.46. The minimum Gasteiger partial charge on any atom is -0.478 e. The van der Waals surface area contributed by atoms with Gasteiger partial charge in [-0.2, -0.15) is 9.97 Å².